The predicted octanol–water partition coefficient (Wildman–Crippen LogP) is 3.71. The average molecular weight is 352 g/mol. The normalized spacial score (nSPS) is 13.3. The summed E-state index contributed by atoms with van der Waals surface area (Å²) >= 11 is 0. The van der Waals surface area contributed by atoms with Crippen LogP contribution in [0.15, 0.2) is 18.2 Å². The molecule has 0 heterocycles. The molecule has 3 nitrogen and oxygen atoms in total. The molecular weight excluding hydrogens is 340 g/mol. The lowest BCUT2D eigenvalue weighted by molar-refractivity contribution is -0.143. The molecule has 22 heavy (non-hydrogen) atoms. The Hall–Kier alpha value is -1.48. The van der Waals surface area contributed by atoms with Gasteiger partial charge in [-0.25, -0.2) is 0 Å². The van der Waals surface area contributed by atoms with E-state index in [0.717, 1.165) is 7.11 Å². The van der Waals surface area contributed by atoms with Gasteiger partial charge in [0.15, 0.2) is 0 Å². The van der Waals surface area contributed by atoms with E-state index in [0.29, 0.717) is 12.1 Å². The van der Waals surface area contributed by atoms with Crippen LogP contribution in [0.5, 0.6) is 0 Å². The lowest BCUT2D eigenvalue weighted by atomic mass is 9.98. The van der Waals surface area contributed by atoms with E-state index in [1.54, 1.807) is 0 Å². The number of esters is 1. The maximum absolute atomic E-state index is 12.6. The highest BCUT2D eigenvalue weighted by Crippen LogP contribution is 2.37. The topological polar surface area (TPSA) is 52.3 Å². The summed E-state index contributed by atoms with van der Waals surface area (Å²) in [6.07, 6.45) is -10.4. The fourth-order valence-corrected chi connectivity index (χ4v) is 1.57. The SMILES string of the molecule is COC(=O)C[C@H](N)c1cc(C(F)(F)F)cc(C(F)(F)F)c1.Cl. The Kier molecular flexibility index (Phi) is 6.70. The number of carbonyl (C=O) groups excluding carboxylic acids is 1. The van der Waals surface area contributed by atoms with Crippen molar-refractivity contribution in [2.45, 2.75) is 24.8 Å². The lowest BCUT2D eigenvalue weighted by Crippen LogP contribution is -2.19. The Morgan fingerprint density at radius 3 is 1.82 bits per heavy atom. The molecule has 1 aromatic carbocycles. The molecule has 1 atom stereocenters. The van der Waals surface area contributed by atoms with Crippen molar-refractivity contribution in [1.82, 2.24) is 0 Å². The molecule has 0 aliphatic rings. The van der Waals surface area contributed by atoms with Gasteiger partial charge in [-0.05, 0) is 23.8 Å². The van der Waals surface area contributed by atoms with E-state index in [4.69, 9.17) is 5.73 Å². The van der Waals surface area contributed by atoms with Crippen molar-refractivity contribution in [2.75, 3.05) is 7.11 Å². The Morgan fingerprint density at radius 2 is 1.50 bits per heavy atom. The summed E-state index contributed by atoms with van der Waals surface area (Å²) in [4.78, 5) is 11.0. The number of benzene rings is 1. The summed E-state index contributed by atoms with van der Waals surface area (Å²) in [5.74, 6) is -0.839. The zero-order chi connectivity index (χ0) is 16.4. The zero-order valence-electron chi connectivity index (χ0n) is 11.1. The highest BCUT2D eigenvalue weighted by Gasteiger charge is 2.37. The van der Waals surface area contributed by atoms with Gasteiger partial charge in [0.1, 0.15) is 0 Å². The van der Waals surface area contributed by atoms with E-state index in [2.05, 4.69) is 4.74 Å². The van der Waals surface area contributed by atoms with Crippen molar-refractivity contribution in [3.63, 3.8) is 0 Å². The van der Waals surface area contributed by atoms with Crippen LogP contribution in [-0.2, 0) is 21.9 Å². The Morgan fingerprint density at radius 1 is 1.09 bits per heavy atom. The molecule has 0 amide bonds. The second-order valence-electron chi connectivity index (χ2n) is 4.23. The molecule has 1 aromatic rings. The van der Waals surface area contributed by atoms with Crippen molar-refractivity contribution in [3.05, 3.63) is 34.9 Å². The summed E-state index contributed by atoms with van der Waals surface area (Å²) in [6.45, 7) is 0. The molecule has 126 valence electrons. The van der Waals surface area contributed by atoms with Crippen molar-refractivity contribution in [3.8, 4) is 0 Å². The van der Waals surface area contributed by atoms with E-state index >= 15 is 0 Å². The molecule has 0 saturated carbocycles. The van der Waals surface area contributed by atoms with Crippen LogP contribution in [0.25, 0.3) is 0 Å². The molecule has 0 aliphatic heterocycles. The summed E-state index contributed by atoms with van der Waals surface area (Å²) in [5.41, 5.74) is 2.06. The van der Waals surface area contributed by atoms with Crippen molar-refractivity contribution >= 4 is 18.4 Å². The number of ether oxygens (including phenoxy) is 1. The number of hydrogen-bond acceptors (Lipinski definition) is 3. The molecule has 0 saturated heterocycles. The van der Waals surface area contributed by atoms with Crippen LogP contribution < -0.4 is 5.73 Å². The quantitative estimate of drug-likeness (QED) is 0.667. The third kappa shape index (κ3) is 5.38. The molecule has 0 fully saturated rings. The highest BCUT2D eigenvalue weighted by molar-refractivity contribution is 5.85. The van der Waals surface area contributed by atoms with Gasteiger partial charge >= 0.3 is 18.3 Å². The molecule has 10 heteroatoms. The monoisotopic (exact) mass is 351 g/mol. The third-order valence-corrected chi connectivity index (χ3v) is 2.65. The molecule has 0 bridgehead atoms. The van der Waals surface area contributed by atoms with Crippen LogP contribution in [0.2, 0.25) is 0 Å². The second kappa shape index (κ2) is 7.19. The number of alkyl halides is 6. The van der Waals surface area contributed by atoms with Gasteiger partial charge in [0.05, 0.1) is 24.7 Å². The Labute approximate surface area is 127 Å². The minimum absolute atomic E-state index is 0. The minimum atomic E-state index is -4.96. The van der Waals surface area contributed by atoms with Gasteiger partial charge in [0, 0.05) is 6.04 Å². The maximum Gasteiger partial charge on any atom is 0.416 e. The molecule has 0 aromatic heterocycles. The largest absolute Gasteiger partial charge is 0.469 e. The number of rotatable bonds is 3. The summed E-state index contributed by atoms with van der Waals surface area (Å²) < 4.78 is 80.0. The average Bonchev–Trinajstić information content (AvgIpc) is 2.35. The van der Waals surface area contributed by atoms with Gasteiger partial charge in [0.25, 0.3) is 0 Å². The van der Waals surface area contributed by atoms with Gasteiger partial charge in [-0.3, -0.25) is 4.79 Å². The van der Waals surface area contributed by atoms with Crippen LogP contribution in [-0.4, -0.2) is 13.1 Å². The van der Waals surface area contributed by atoms with Crippen molar-refractivity contribution in [1.29, 1.82) is 0 Å². The first-order valence-electron chi connectivity index (χ1n) is 5.57. The molecule has 0 aliphatic carbocycles. The van der Waals surface area contributed by atoms with E-state index in [1.807, 2.05) is 0 Å². The van der Waals surface area contributed by atoms with Gasteiger partial charge in [-0.1, -0.05) is 0 Å². The van der Waals surface area contributed by atoms with Gasteiger partial charge in [-0.15, -0.1) is 12.4 Å². The van der Waals surface area contributed by atoms with Crippen LogP contribution >= 0.6 is 12.4 Å². The second-order valence-corrected chi connectivity index (χ2v) is 4.23. The first-order chi connectivity index (χ1) is 9.45. The minimum Gasteiger partial charge on any atom is -0.469 e. The summed E-state index contributed by atoms with van der Waals surface area (Å²) in [6, 6.07) is -0.360. The number of halogens is 7. The van der Waals surface area contributed by atoms with Gasteiger partial charge in [0.2, 0.25) is 0 Å². The molecule has 2 N–H and O–H groups in total. The number of nitrogens with two attached hydrogens (primary N) is 1. The molecular formula is C12H12ClF6NO2. The molecule has 1 rings (SSSR count). The molecule has 0 unspecified atom stereocenters. The maximum atomic E-state index is 12.6. The molecule has 0 radical (unpaired) electrons. The Bertz CT molecular complexity index is 497. The molecule has 0 spiro atoms. The van der Waals surface area contributed by atoms with Gasteiger partial charge in [-0.2, -0.15) is 26.3 Å². The zero-order valence-corrected chi connectivity index (χ0v) is 11.9. The fraction of sp³-hybridized carbons (Fsp3) is 0.417. The smallest absolute Gasteiger partial charge is 0.416 e. The number of hydrogen-bond donors (Lipinski definition) is 1. The van der Waals surface area contributed by atoms with Crippen LogP contribution in [0.1, 0.15) is 29.2 Å². The van der Waals surface area contributed by atoms with E-state index in [1.165, 1.54) is 0 Å². The third-order valence-electron chi connectivity index (χ3n) is 2.65. The van der Waals surface area contributed by atoms with E-state index in [-0.39, 0.29) is 18.5 Å². The first kappa shape index (κ1) is 20.5. The predicted molar refractivity (Wildman–Crippen MR) is 67.3 cm³/mol. The van der Waals surface area contributed by atoms with Crippen molar-refractivity contribution < 1.29 is 35.9 Å². The Balaban J connectivity index is 0.00000441. The standard InChI is InChI=1S/C12H11F6NO2.ClH/c1-21-10(20)5-9(19)6-2-7(11(13,14)15)4-8(3-6)12(16,17)18;/h2-4,9H,5,19H2,1H3;1H/t9-;/m0./s1. The van der Waals surface area contributed by atoms with E-state index < -0.39 is 47.5 Å². The highest BCUT2D eigenvalue weighted by atomic mass is 35.5. The fourth-order valence-electron chi connectivity index (χ4n) is 1.57. The number of methoxy groups -OCH3 is 1. The number of carbonyl (C=O) groups is 1. The summed E-state index contributed by atoms with van der Waals surface area (Å²) in [5, 5.41) is 0. The van der Waals surface area contributed by atoms with Crippen LogP contribution in [0.3, 0.4) is 0 Å². The summed E-state index contributed by atoms with van der Waals surface area (Å²) in [7, 11) is 1.03. The van der Waals surface area contributed by atoms with Gasteiger partial charge < -0.3 is 10.5 Å². The lowest BCUT2D eigenvalue weighted by Gasteiger charge is -2.17. The first-order valence-corrected chi connectivity index (χ1v) is 5.57. The van der Waals surface area contributed by atoms with Crippen LogP contribution in [0.4, 0.5) is 26.3 Å². The van der Waals surface area contributed by atoms with Crippen LogP contribution in [0, 0.1) is 0 Å². The van der Waals surface area contributed by atoms with E-state index in [9.17, 15) is 31.1 Å². The van der Waals surface area contributed by atoms with Crippen molar-refractivity contribution in [2.24, 2.45) is 5.73 Å².